The highest BCUT2D eigenvalue weighted by molar-refractivity contribution is 5.95. The van der Waals surface area contributed by atoms with Gasteiger partial charge in [-0.15, -0.1) is 0 Å². The molecule has 8 heteroatoms. The van der Waals surface area contributed by atoms with Crippen LogP contribution in [0.15, 0.2) is 24.3 Å². The normalized spacial score (nSPS) is 21.4. The smallest absolute Gasteiger partial charge is 0.393 e. The Morgan fingerprint density at radius 1 is 1.33 bits per heavy atom. The van der Waals surface area contributed by atoms with Crippen molar-refractivity contribution in [1.29, 1.82) is 0 Å². The molecule has 0 spiro atoms. The number of rotatable bonds is 4. The molecule has 1 heterocycles. The summed E-state index contributed by atoms with van der Waals surface area (Å²) in [5.74, 6) is -4.60. The van der Waals surface area contributed by atoms with Gasteiger partial charge in [-0.3, -0.25) is 9.59 Å². The quantitative estimate of drug-likeness (QED) is 0.911. The molecule has 0 saturated carbocycles. The Kier molecular flexibility index (Phi) is 5.36. The molecule has 0 aromatic heterocycles. The van der Waals surface area contributed by atoms with E-state index in [9.17, 15) is 22.8 Å². The molecule has 1 aliphatic heterocycles. The van der Waals surface area contributed by atoms with Crippen LogP contribution in [0.4, 0.5) is 13.2 Å². The second-order valence-electron chi connectivity index (χ2n) is 5.68. The van der Waals surface area contributed by atoms with Gasteiger partial charge in [0.05, 0.1) is 18.4 Å². The molecule has 1 aromatic rings. The largest absolute Gasteiger partial charge is 0.494 e. The van der Waals surface area contributed by atoms with E-state index in [1.54, 1.807) is 19.1 Å². The molecule has 0 bridgehead atoms. The van der Waals surface area contributed by atoms with Crippen molar-refractivity contribution in [2.75, 3.05) is 19.7 Å². The molecule has 1 amide bonds. The first-order valence-corrected chi connectivity index (χ1v) is 7.54. The SMILES string of the molecule is CCOc1cccc(C(=O)N2C[C@H](C(=O)O)C[C@H](C(F)(F)F)C2)c1. The maximum atomic E-state index is 13.0. The van der Waals surface area contributed by atoms with E-state index in [0.29, 0.717) is 12.4 Å². The van der Waals surface area contributed by atoms with Crippen LogP contribution in [0.3, 0.4) is 0 Å². The number of ether oxygens (including phenoxy) is 1. The lowest BCUT2D eigenvalue weighted by Crippen LogP contribution is -2.49. The van der Waals surface area contributed by atoms with Gasteiger partial charge in [0.2, 0.25) is 0 Å². The molecule has 1 N–H and O–H groups in total. The number of likely N-dealkylation sites (tertiary alicyclic amines) is 1. The highest BCUT2D eigenvalue weighted by Crippen LogP contribution is 2.36. The van der Waals surface area contributed by atoms with Gasteiger partial charge in [0.25, 0.3) is 5.91 Å². The summed E-state index contributed by atoms with van der Waals surface area (Å²) < 4.78 is 44.4. The molecule has 132 valence electrons. The fraction of sp³-hybridized carbons (Fsp3) is 0.500. The van der Waals surface area contributed by atoms with Crippen LogP contribution in [-0.2, 0) is 4.79 Å². The molecule has 1 aromatic carbocycles. The van der Waals surface area contributed by atoms with Gasteiger partial charge in [0.15, 0.2) is 0 Å². The lowest BCUT2D eigenvalue weighted by Gasteiger charge is -2.37. The predicted octanol–water partition coefficient (Wildman–Crippen LogP) is 2.81. The molecule has 2 rings (SSSR count). The third-order valence-corrected chi connectivity index (χ3v) is 3.94. The number of hydrogen-bond acceptors (Lipinski definition) is 3. The van der Waals surface area contributed by atoms with Crippen molar-refractivity contribution >= 4 is 11.9 Å². The van der Waals surface area contributed by atoms with Crippen molar-refractivity contribution in [2.24, 2.45) is 11.8 Å². The van der Waals surface area contributed by atoms with Gasteiger partial charge in [0.1, 0.15) is 5.75 Å². The third-order valence-electron chi connectivity index (χ3n) is 3.94. The van der Waals surface area contributed by atoms with Crippen molar-refractivity contribution < 1.29 is 32.6 Å². The molecular formula is C16H18F3NO4. The summed E-state index contributed by atoms with van der Waals surface area (Å²) in [6.07, 6.45) is -5.05. The van der Waals surface area contributed by atoms with E-state index in [-0.39, 0.29) is 12.1 Å². The van der Waals surface area contributed by atoms with Gasteiger partial charge in [-0.25, -0.2) is 0 Å². The van der Waals surface area contributed by atoms with Gasteiger partial charge in [0, 0.05) is 18.7 Å². The number of alkyl halides is 3. The summed E-state index contributed by atoms with van der Waals surface area (Å²) in [6, 6.07) is 6.11. The molecule has 0 radical (unpaired) electrons. The Morgan fingerprint density at radius 3 is 2.62 bits per heavy atom. The second-order valence-corrected chi connectivity index (χ2v) is 5.68. The Hall–Kier alpha value is -2.25. The van der Waals surface area contributed by atoms with Crippen molar-refractivity contribution in [3.8, 4) is 5.75 Å². The fourth-order valence-corrected chi connectivity index (χ4v) is 2.75. The highest BCUT2D eigenvalue weighted by atomic mass is 19.4. The Bertz CT molecular complexity index is 618. The van der Waals surface area contributed by atoms with Gasteiger partial charge in [-0.05, 0) is 31.5 Å². The summed E-state index contributed by atoms with van der Waals surface area (Å²) in [5.41, 5.74) is 0.174. The van der Waals surface area contributed by atoms with E-state index >= 15 is 0 Å². The van der Waals surface area contributed by atoms with Crippen molar-refractivity contribution in [3.63, 3.8) is 0 Å². The number of amides is 1. The zero-order valence-electron chi connectivity index (χ0n) is 13.0. The van der Waals surface area contributed by atoms with Crippen LogP contribution in [0.25, 0.3) is 0 Å². The lowest BCUT2D eigenvalue weighted by atomic mass is 9.88. The van der Waals surface area contributed by atoms with Gasteiger partial charge >= 0.3 is 12.1 Å². The van der Waals surface area contributed by atoms with Crippen molar-refractivity contribution in [2.45, 2.75) is 19.5 Å². The minimum atomic E-state index is -4.54. The third kappa shape index (κ3) is 4.18. The lowest BCUT2D eigenvalue weighted by molar-refractivity contribution is -0.191. The summed E-state index contributed by atoms with van der Waals surface area (Å²) in [6.45, 7) is 1.38. The van der Waals surface area contributed by atoms with Crippen LogP contribution in [0, 0.1) is 11.8 Å². The maximum absolute atomic E-state index is 13.0. The molecule has 2 atom stereocenters. The van der Waals surface area contributed by atoms with Crippen LogP contribution in [0.2, 0.25) is 0 Å². The van der Waals surface area contributed by atoms with Gasteiger partial charge in [-0.1, -0.05) is 6.07 Å². The Balaban J connectivity index is 2.23. The van der Waals surface area contributed by atoms with E-state index in [0.717, 1.165) is 4.90 Å². The van der Waals surface area contributed by atoms with Crippen molar-refractivity contribution in [3.05, 3.63) is 29.8 Å². The Morgan fingerprint density at radius 2 is 2.04 bits per heavy atom. The van der Waals surface area contributed by atoms with E-state index in [1.807, 2.05) is 0 Å². The van der Waals surface area contributed by atoms with E-state index < -0.39 is 42.9 Å². The summed E-state index contributed by atoms with van der Waals surface area (Å²) >= 11 is 0. The minimum Gasteiger partial charge on any atom is -0.494 e. The van der Waals surface area contributed by atoms with Crippen LogP contribution >= 0.6 is 0 Å². The number of carboxylic acid groups (broad SMARTS) is 1. The number of benzene rings is 1. The highest BCUT2D eigenvalue weighted by Gasteiger charge is 2.47. The topological polar surface area (TPSA) is 66.8 Å². The maximum Gasteiger partial charge on any atom is 0.393 e. The number of piperidine rings is 1. The zero-order chi connectivity index (χ0) is 17.9. The fourth-order valence-electron chi connectivity index (χ4n) is 2.75. The average Bonchev–Trinajstić information content (AvgIpc) is 2.53. The predicted molar refractivity (Wildman–Crippen MR) is 78.8 cm³/mol. The number of carbonyl (C=O) groups excluding carboxylic acids is 1. The number of carbonyl (C=O) groups is 2. The number of halogens is 3. The van der Waals surface area contributed by atoms with E-state index in [2.05, 4.69) is 0 Å². The first kappa shape index (κ1) is 18.1. The standard InChI is InChI=1S/C16H18F3NO4/c1-2-24-13-5-3-4-10(7-13)14(21)20-8-11(15(22)23)6-12(9-20)16(17,18)19/h3-5,7,11-12H,2,6,8-9H2,1H3,(H,22,23)/t11-,12+/m1/s1. The minimum absolute atomic E-state index is 0.174. The molecule has 1 aliphatic rings. The van der Waals surface area contributed by atoms with Crippen LogP contribution < -0.4 is 4.74 Å². The molecule has 5 nitrogen and oxygen atoms in total. The number of hydrogen-bond donors (Lipinski definition) is 1. The number of aliphatic carboxylic acids is 1. The molecule has 0 unspecified atom stereocenters. The average molecular weight is 345 g/mol. The van der Waals surface area contributed by atoms with Crippen molar-refractivity contribution in [1.82, 2.24) is 4.90 Å². The first-order valence-electron chi connectivity index (χ1n) is 7.54. The second kappa shape index (κ2) is 7.11. The van der Waals surface area contributed by atoms with E-state index in [4.69, 9.17) is 9.84 Å². The van der Waals surface area contributed by atoms with Gasteiger partial charge in [-0.2, -0.15) is 13.2 Å². The zero-order valence-corrected chi connectivity index (χ0v) is 13.0. The van der Waals surface area contributed by atoms with Crippen LogP contribution in [0.5, 0.6) is 5.75 Å². The molecular weight excluding hydrogens is 327 g/mol. The molecule has 1 saturated heterocycles. The van der Waals surface area contributed by atoms with E-state index in [1.165, 1.54) is 12.1 Å². The van der Waals surface area contributed by atoms with Gasteiger partial charge < -0.3 is 14.7 Å². The summed E-state index contributed by atoms with van der Waals surface area (Å²) in [4.78, 5) is 24.6. The molecule has 24 heavy (non-hydrogen) atoms. The summed E-state index contributed by atoms with van der Waals surface area (Å²) in [7, 11) is 0. The monoisotopic (exact) mass is 345 g/mol. The van der Waals surface area contributed by atoms with Crippen LogP contribution in [-0.4, -0.2) is 47.8 Å². The Labute approximate surface area is 137 Å². The van der Waals surface area contributed by atoms with Crippen LogP contribution in [0.1, 0.15) is 23.7 Å². The number of nitrogens with zero attached hydrogens (tertiary/aromatic N) is 1. The molecule has 0 aliphatic carbocycles. The molecule has 1 fully saturated rings. The first-order chi connectivity index (χ1) is 11.2. The summed E-state index contributed by atoms with van der Waals surface area (Å²) in [5, 5.41) is 9.08. The number of carboxylic acids is 1.